The zero-order chi connectivity index (χ0) is 14.7. The molecule has 2 rings (SSSR count). The van der Waals surface area contributed by atoms with Gasteiger partial charge in [-0.25, -0.2) is 4.39 Å². The van der Waals surface area contributed by atoms with Gasteiger partial charge in [0.05, 0.1) is 15.6 Å². The summed E-state index contributed by atoms with van der Waals surface area (Å²) in [5, 5.41) is 14.1. The Hall–Kier alpha value is -2.14. The first-order valence-electron chi connectivity index (χ1n) is 5.90. The summed E-state index contributed by atoms with van der Waals surface area (Å²) in [5.41, 5.74) is 1.70. The van der Waals surface area contributed by atoms with Crippen molar-refractivity contribution in [3.05, 3.63) is 68.5 Å². The van der Waals surface area contributed by atoms with E-state index >= 15 is 0 Å². The van der Waals surface area contributed by atoms with Gasteiger partial charge in [-0.2, -0.15) is 0 Å². The fourth-order valence-electron chi connectivity index (χ4n) is 1.71. The maximum absolute atomic E-state index is 13.4. The smallest absolute Gasteiger partial charge is 0.271 e. The predicted molar refractivity (Wildman–Crippen MR) is 76.6 cm³/mol. The lowest BCUT2D eigenvalue weighted by Gasteiger charge is -2.09. The third-order valence-corrected chi connectivity index (χ3v) is 3.21. The number of nitro groups is 1. The molecular weight excluding hydrogens is 283 g/mol. The van der Waals surface area contributed by atoms with Gasteiger partial charge in [0.1, 0.15) is 5.82 Å². The summed E-state index contributed by atoms with van der Waals surface area (Å²) in [5.74, 6) is -0.283. The summed E-state index contributed by atoms with van der Waals surface area (Å²) in [6.07, 6.45) is 0. The van der Waals surface area contributed by atoms with E-state index in [1.165, 1.54) is 24.3 Å². The molecule has 2 aromatic carbocycles. The van der Waals surface area contributed by atoms with Gasteiger partial charge in [-0.05, 0) is 30.2 Å². The van der Waals surface area contributed by atoms with Crippen LogP contribution in [0.15, 0.2) is 36.4 Å². The third-order valence-electron chi connectivity index (χ3n) is 2.88. The summed E-state index contributed by atoms with van der Waals surface area (Å²) in [7, 11) is 0. The monoisotopic (exact) mass is 294 g/mol. The highest BCUT2D eigenvalue weighted by atomic mass is 35.5. The summed E-state index contributed by atoms with van der Waals surface area (Å²) in [6.45, 7) is 2.02. The minimum absolute atomic E-state index is 0.0491. The SMILES string of the molecule is Cc1ccc(CNc2cc([N+](=O)[O-])ccc2Cl)cc1F. The van der Waals surface area contributed by atoms with E-state index in [1.807, 2.05) is 0 Å². The van der Waals surface area contributed by atoms with Crippen molar-refractivity contribution < 1.29 is 9.31 Å². The Morgan fingerprint density at radius 1 is 1.30 bits per heavy atom. The van der Waals surface area contributed by atoms with Crippen molar-refractivity contribution in [1.82, 2.24) is 0 Å². The lowest BCUT2D eigenvalue weighted by molar-refractivity contribution is -0.384. The first-order chi connectivity index (χ1) is 9.47. The number of hydrogen-bond donors (Lipinski definition) is 1. The molecule has 6 heteroatoms. The Kier molecular flexibility index (Phi) is 4.20. The Morgan fingerprint density at radius 2 is 2.05 bits per heavy atom. The summed E-state index contributed by atoms with van der Waals surface area (Å²) >= 11 is 5.96. The third kappa shape index (κ3) is 3.24. The number of anilines is 1. The molecule has 0 spiro atoms. The molecule has 0 saturated carbocycles. The number of hydrogen-bond acceptors (Lipinski definition) is 3. The topological polar surface area (TPSA) is 55.2 Å². The van der Waals surface area contributed by atoms with Crippen molar-refractivity contribution in [3.8, 4) is 0 Å². The zero-order valence-electron chi connectivity index (χ0n) is 10.7. The molecule has 0 saturated heterocycles. The number of aryl methyl sites for hydroxylation is 1. The number of nitrogens with one attached hydrogen (secondary N) is 1. The maximum Gasteiger partial charge on any atom is 0.271 e. The number of benzene rings is 2. The van der Waals surface area contributed by atoms with E-state index in [0.717, 1.165) is 5.56 Å². The van der Waals surface area contributed by atoms with E-state index in [4.69, 9.17) is 11.6 Å². The van der Waals surface area contributed by atoms with Gasteiger partial charge in [0.15, 0.2) is 0 Å². The molecule has 20 heavy (non-hydrogen) atoms. The molecule has 2 aromatic rings. The highest BCUT2D eigenvalue weighted by molar-refractivity contribution is 6.33. The van der Waals surface area contributed by atoms with Crippen molar-refractivity contribution in [1.29, 1.82) is 0 Å². The van der Waals surface area contributed by atoms with Crippen LogP contribution in [0.4, 0.5) is 15.8 Å². The minimum atomic E-state index is -0.493. The van der Waals surface area contributed by atoms with Gasteiger partial charge in [0, 0.05) is 18.7 Å². The Bertz CT molecular complexity index is 662. The molecule has 0 fully saturated rings. The second kappa shape index (κ2) is 5.88. The van der Waals surface area contributed by atoms with Crippen molar-refractivity contribution in [2.75, 3.05) is 5.32 Å². The van der Waals surface area contributed by atoms with Crippen LogP contribution in [-0.4, -0.2) is 4.92 Å². The van der Waals surface area contributed by atoms with E-state index in [0.29, 0.717) is 22.8 Å². The Balaban J connectivity index is 2.15. The van der Waals surface area contributed by atoms with Crippen molar-refractivity contribution in [3.63, 3.8) is 0 Å². The Labute approximate surface area is 120 Å². The molecular formula is C14H12ClFN2O2. The predicted octanol–water partition coefficient (Wildman–Crippen LogP) is 4.31. The van der Waals surface area contributed by atoms with Crippen LogP contribution in [0.3, 0.4) is 0 Å². The fraction of sp³-hybridized carbons (Fsp3) is 0.143. The van der Waals surface area contributed by atoms with Crippen LogP contribution < -0.4 is 5.32 Å². The lowest BCUT2D eigenvalue weighted by Crippen LogP contribution is -2.01. The van der Waals surface area contributed by atoms with Crippen LogP contribution in [0.5, 0.6) is 0 Å². The number of rotatable bonds is 4. The number of nitrogens with zero attached hydrogens (tertiary/aromatic N) is 1. The molecule has 0 unspecified atom stereocenters. The lowest BCUT2D eigenvalue weighted by atomic mass is 10.1. The molecule has 1 N–H and O–H groups in total. The molecule has 0 aromatic heterocycles. The second-order valence-corrected chi connectivity index (χ2v) is 4.77. The number of halogens is 2. The van der Waals surface area contributed by atoms with Crippen molar-refractivity contribution in [2.24, 2.45) is 0 Å². The van der Waals surface area contributed by atoms with E-state index in [-0.39, 0.29) is 11.5 Å². The van der Waals surface area contributed by atoms with Crippen LogP contribution in [-0.2, 0) is 6.54 Å². The molecule has 0 aliphatic heterocycles. The molecule has 0 amide bonds. The highest BCUT2D eigenvalue weighted by Crippen LogP contribution is 2.27. The van der Waals surface area contributed by atoms with Gasteiger partial charge in [-0.1, -0.05) is 23.7 Å². The first-order valence-corrected chi connectivity index (χ1v) is 6.28. The van der Waals surface area contributed by atoms with Gasteiger partial charge >= 0.3 is 0 Å². The summed E-state index contributed by atoms with van der Waals surface area (Å²) in [4.78, 5) is 10.2. The standard InChI is InChI=1S/C14H12ClFN2O2/c1-9-2-3-10(6-13(9)16)8-17-14-7-11(18(19)20)4-5-12(14)15/h2-7,17H,8H2,1H3. The van der Waals surface area contributed by atoms with Gasteiger partial charge in [-0.15, -0.1) is 0 Å². The van der Waals surface area contributed by atoms with Crippen LogP contribution in [0, 0.1) is 22.9 Å². The maximum atomic E-state index is 13.4. The van der Waals surface area contributed by atoms with Crippen LogP contribution in [0.1, 0.15) is 11.1 Å². The molecule has 0 aliphatic carbocycles. The van der Waals surface area contributed by atoms with E-state index in [1.54, 1.807) is 19.1 Å². The number of nitro benzene ring substituents is 1. The van der Waals surface area contributed by atoms with Gasteiger partial charge < -0.3 is 5.32 Å². The van der Waals surface area contributed by atoms with Crippen molar-refractivity contribution >= 4 is 23.0 Å². The molecule has 0 heterocycles. The van der Waals surface area contributed by atoms with Gasteiger partial charge in [0.25, 0.3) is 5.69 Å². The summed E-state index contributed by atoms with van der Waals surface area (Å²) in [6, 6.07) is 9.04. The highest BCUT2D eigenvalue weighted by Gasteiger charge is 2.09. The van der Waals surface area contributed by atoms with Crippen molar-refractivity contribution in [2.45, 2.75) is 13.5 Å². The van der Waals surface area contributed by atoms with Gasteiger partial charge in [0.2, 0.25) is 0 Å². The zero-order valence-corrected chi connectivity index (χ0v) is 11.4. The molecule has 4 nitrogen and oxygen atoms in total. The average molecular weight is 295 g/mol. The van der Waals surface area contributed by atoms with E-state index in [9.17, 15) is 14.5 Å². The van der Waals surface area contributed by atoms with Gasteiger partial charge in [-0.3, -0.25) is 10.1 Å². The molecule has 104 valence electrons. The molecule has 0 radical (unpaired) electrons. The molecule has 0 atom stereocenters. The van der Waals surface area contributed by atoms with E-state index < -0.39 is 4.92 Å². The largest absolute Gasteiger partial charge is 0.380 e. The Morgan fingerprint density at radius 3 is 2.70 bits per heavy atom. The molecule has 0 bridgehead atoms. The second-order valence-electron chi connectivity index (χ2n) is 4.36. The van der Waals surface area contributed by atoms with Crippen LogP contribution in [0.2, 0.25) is 5.02 Å². The quantitative estimate of drug-likeness (QED) is 0.675. The van der Waals surface area contributed by atoms with Crippen LogP contribution in [0.25, 0.3) is 0 Å². The normalized spacial score (nSPS) is 10.3. The number of non-ortho nitro benzene ring substituents is 1. The first kappa shape index (κ1) is 14.3. The molecule has 0 aliphatic rings. The van der Waals surface area contributed by atoms with E-state index in [2.05, 4.69) is 5.32 Å². The summed E-state index contributed by atoms with van der Waals surface area (Å²) < 4.78 is 13.4. The van der Waals surface area contributed by atoms with Crippen LogP contribution >= 0.6 is 11.6 Å². The average Bonchev–Trinajstić information content (AvgIpc) is 2.41. The fourth-order valence-corrected chi connectivity index (χ4v) is 1.89. The minimum Gasteiger partial charge on any atom is -0.380 e.